The molecule has 1 heterocycles. The first-order valence-electron chi connectivity index (χ1n) is 7.60. The highest BCUT2D eigenvalue weighted by atomic mass is 16.1. The molecule has 1 aromatic rings. The summed E-state index contributed by atoms with van der Waals surface area (Å²) >= 11 is 0. The van der Waals surface area contributed by atoms with Gasteiger partial charge in [-0.3, -0.25) is 4.79 Å². The third-order valence-corrected chi connectivity index (χ3v) is 4.11. The van der Waals surface area contributed by atoms with Gasteiger partial charge in [0.1, 0.15) is 0 Å². The van der Waals surface area contributed by atoms with Gasteiger partial charge in [-0.1, -0.05) is 0 Å². The molecule has 0 aromatic heterocycles. The number of piperazine rings is 1. The fraction of sp³-hybridized carbons (Fsp3) is 0.529. The van der Waals surface area contributed by atoms with E-state index in [4.69, 9.17) is 0 Å². The van der Waals surface area contributed by atoms with Crippen molar-refractivity contribution in [2.75, 3.05) is 43.4 Å². The first-order chi connectivity index (χ1) is 10.3. The van der Waals surface area contributed by atoms with Crippen molar-refractivity contribution in [3.8, 4) is 6.07 Å². The van der Waals surface area contributed by atoms with Gasteiger partial charge in [-0.25, -0.2) is 0 Å². The number of hydrogen-bond donors (Lipinski definition) is 1. The summed E-state index contributed by atoms with van der Waals surface area (Å²) in [4.78, 5) is 16.0. The van der Waals surface area contributed by atoms with Crippen LogP contribution in [0.15, 0.2) is 18.2 Å². The molecule has 0 bridgehead atoms. The number of carbonyl (C=O) groups is 1. The first-order valence-corrected chi connectivity index (χ1v) is 7.60. The number of hydrogen-bond acceptors (Lipinski definition) is 4. The zero-order valence-electron chi connectivity index (χ0n) is 13.8. The molecular weight excluding hydrogens is 276 g/mol. The maximum absolute atomic E-state index is 11.4. The molecule has 1 aromatic carbocycles. The average molecular weight is 300 g/mol. The van der Waals surface area contributed by atoms with Gasteiger partial charge in [0, 0.05) is 44.5 Å². The zero-order chi connectivity index (χ0) is 16.3. The molecule has 0 atom stereocenters. The minimum atomic E-state index is -0.587. The maximum Gasteiger partial charge on any atom is 0.221 e. The van der Waals surface area contributed by atoms with Crippen molar-refractivity contribution in [3.05, 3.63) is 23.8 Å². The quantitative estimate of drug-likeness (QED) is 0.929. The highest BCUT2D eigenvalue weighted by Gasteiger charge is 2.23. The normalized spacial score (nSPS) is 16.2. The Hall–Kier alpha value is -2.06. The van der Waals surface area contributed by atoms with Gasteiger partial charge >= 0.3 is 0 Å². The predicted octanol–water partition coefficient (Wildman–Crippen LogP) is 2.20. The minimum absolute atomic E-state index is 0.101. The number of likely N-dealkylation sites (N-methyl/N-ethyl adjacent to an activating group) is 1. The van der Waals surface area contributed by atoms with Crippen molar-refractivity contribution < 1.29 is 4.79 Å². The molecule has 1 saturated heterocycles. The van der Waals surface area contributed by atoms with E-state index in [0.29, 0.717) is 0 Å². The monoisotopic (exact) mass is 300 g/mol. The molecule has 0 aliphatic carbocycles. The second kappa shape index (κ2) is 6.37. The Balaban J connectivity index is 2.38. The van der Waals surface area contributed by atoms with Crippen LogP contribution in [0.3, 0.4) is 0 Å². The summed E-state index contributed by atoms with van der Waals surface area (Å²) in [7, 11) is 2.12. The maximum atomic E-state index is 11.4. The molecule has 0 saturated carbocycles. The van der Waals surface area contributed by atoms with Gasteiger partial charge in [0.05, 0.1) is 11.5 Å². The third kappa shape index (κ3) is 3.77. The Bertz CT molecular complexity index is 595. The summed E-state index contributed by atoms with van der Waals surface area (Å²) in [6.45, 7) is 9.22. The molecule has 118 valence electrons. The van der Waals surface area contributed by atoms with Crippen molar-refractivity contribution in [3.63, 3.8) is 0 Å². The number of anilines is 2. The SMILES string of the molecule is CC(=O)Nc1cc(N2CCN(C)CC2)cc(C(C)(C)C#N)c1. The van der Waals surface area contributed by atoms with Crippen molar-refractivity contribution in [2.45, 2.75) is 26.2 Å². The molecule has 0 spiro atoms. The molecule has 0 unspecified atom stereocenters. The van der Waals surface area contributed by atoms with Gasteiger partial charge in [-0.2, -0.15) is 5.26 Å². The Morgan fingerprint density at radius 3 is 2.41 bits per heavy atom. The van der Waals surface area contributed by atoms with Gasteiger partial charge in [0.25, 0.3) is 0 Å². The largest absolute Gasteiger partial charge is 0.369 e. The highest BCUT2D eigenvalue weighted by molar-refractivity contribution is 5.89. The van der Waals surface area contributed by atoms with Crippen LogP contribution >= 0.6 is 0 Å². The molecule has 1 N–H and O–H groups in total. The fourth-order valence-electron chi connectivity index (χ4n) is 2.56. The van der Waals surface area contributed by atoms with Crippen molar-refractivity contribution in [1.29, 1.82) is 5.26 Å². The number of nitrogens with zero attached hydrogens (tertiary/aromatic N) is 3. The van der Waals surface area contributed by atoms with Gasteiger partial charge in [0.15, 0.2) is 0 Å². The van der Waals surface area contributed by atoms with E-state index in [-0.39, 0.29) is 5.91 Å². The Labute approximate surface area is 132 Å². The van der Waals surface area contributed by atoms with E-state index < -0.39 is 5.41 Å². The molecule has 22 heavy (non-hydrogen) atoms. The molecule has 5 heteroatoms. The average Bonchev–Trinajstić information content (AvgIpc) is 2.47. The van der Waals surface area contributed by atoms with Gasteiger partial charge < -0.3 is 15.1 Å². The molecule has 0 radical (unpaired) electrons. The highest BCUT2D eigenvalue weighted by Crippen LogP contribution is 2.31. The fourth-order valence-corrected chi connectivity index (χ4v) is 2.56. The molecule has 1 amide bonds. The van der Waals surface area contributed by atoms with Crippen LogP contribution in [0.25, 0.3) is 0 Å². The van der Waals surface area contributed by atoms with Crippen LogP contribution in [0.5, 0.6) is 0 Å². The van der Waals surface area contributed by atoms with Crippen molar-refractivity contribution >= 4 is 17.3 Å². The van der Waals surface area contributed by atoms with E-state index in [0.717, 1.165) is 43.1 Å². The van der Waals surface area contributed by atoms with Crippen LogP contribution in [0.4, 0.5) is 11.4 Å². The number of rotatable bonds is 3. The van der Waals surface area contributed by atoms with Gasteiger partial charge in [0.2, 0.25) is 5.91 Å². The first kappa shape index (κ1) is 16.3. The second-order valence-electron chi connectivity index (χ2n) is 6.48. The molecular formula is C17H24N4O. The molecule has 1 aliphatic rings. The lowest BCUT2D eigenvalue weighted by atomic mass is 9.85. The number of nitriles is 1. The van der Waals surface area contributed by atoms with Crippen LogP contribution in [-0.4, -0.2) is 44.0 Å². The van der Waals surface area contributed by atoms with E-state index in [9.17, 15) is 10.1 Å². The number of benzene rings is 1. The van der Waals surface area contributed by atoms with Crippen molar-refractivity contribution in [1.82, 2.24) is 4.90 Å². The summed E-state index contributed by atoms with van der Waals surface area (Å²) in [6, 6.07) is 8.29. The lowest BCUT2D eigenvalue weighted by Crippen LogP contribution is -2.44. The Morgan fingerprint density at radius 2 is 1.86 bits per heavy atom. The lowest BCUT2D eigenvalue weighted by molar-refractivity contribution is -0.114. The zero-order valence-corrected chi connectivity index (χ0v) is 13.8. The van der Waals surface area contributed by atoms with E-state index in [2.05, 4.69) is 34.3 Å². The predicted molar refractivity (Wildman–Crippen MR) is 89.1 cm³/mol. The lowest BCUT2D eigenvalue weighted by Gasteiger charge is -2.35. The van der Waals surface area contributed by atoms with Crippen LogP contribution in [0, 0.1) is 11.3 Å². The van der Waals surface area contributed by atoms with Crippen LogP contribution < -0.4 is 10.2 Å². The Kier molecular flexibility index (Phi) is 4.72. The summed E-state index contributed by atoms with van der Waals surface area (Å²) in [5.74, 6) is -0.101. The summed E-state index contributed by atoms with van der Waals surface area (Å²) in [6.07, 6.45) is 0. The Morgan fingerprint density at radius 1 is 1.23 bits per heavy atom. The summed E-state index contributed by atoms with van der Waals surface area (Å²) in [5.41, 5.74) is 2.16. The smallest absolute Gasteiger partial charge is 0.221 e. The van der Waals surface area contributed by atoms with E-state index in [1.807, 2.05) is 26.0 Å². The number of amides is 1. The molecule has 2 rings (SSSR count). The third-order valence-electron chi connectivity index (χ3n) is 4.11. The minimum Gasteiger partial charge on any atom is -0.369 e. The standard InChI is InChI=1S/C17H24N4O/c1-13(22)19-15-9-14(17(2,3)12-18)10-16(11-15)21-7-5-20(4)6-8-21/h9-11H,5-8H2,1-4H3,(H,19,22). The second-order valence-corrected chi connectivity index (χ2v) is 6.48. The van der Waals surface area contributed by atoms with Crippen LogP contribution in [0.2, 0.25) is 0 Å². The summed E-state index contributed by atoms with van der Waals surface area (Å²) < 4.78 is 0. The molecule has 5 nitrogen and oxygen atoms in total. The van der Waals surface area contributed by atoms with E-state index >= 15 is 0 Å². The topological polar surface area (TPSA) is 59.4 Å². The molecule has 1 fully saturated rings. The molecule has 1 aliphatic heterocycles. The van der Waals surface area contributed by atoms with Gasteiger partial charge in [-0.15, -0.1) is 0 Å². The van der Waals surface area contributed by atoms with Crippen LogP contribution in [0.1, 0.15) is 26.3 Å². The van der Waals surface area contributed by atoms with Crippen LogP contribution in [-0.2, 0) is 10.2 Å². The van der Waals surface area contributed by atoms with E-state index in [1.165, 1.54) is 6.92 Å². The summed E-state index contributed by atoms with van der Waals surface area (Å²) in [5, 5.41) is 12.2. The van der Waals surface area contributed by atoms with E-state index in [1.54, 1.807) is 0 Å². The number of nitrogens with one attached hydrogen (secondary N) is 1. The van der Waals surface area contributed by atoms with Crippen molar-refractivity contribution in [2.24, 2.45) is 0 Å². The number of carbonyl (C=O) groups excluding carboxylic acids is 1. The van der Waals surface area contributed by atoms with Gasteiger partial charge in [-0.05, 0) is 44.7 Å².